The molecular formula is C6H7F3. The molecule has 0 aliphatic carbocycles. The fraction of sp³-hybridized carbons (Fsp3) is 0.500. The highest BCUT2D eigenvalue weighted by atomic mass is 19.4. The van der Waals surface area contributed by atoms with Gasteiger partial charge in [0.2, 0.25) is 0 Å². The molecule has 0 aliphatic rings. The van der Waals surface area contributed by atoms with Crippen LogP contribution in [0.25, 0.3) is 0 Å². The first kappa shape index (κ1) is 8.31. The van der Waals surface area contributed by atoms with Gasteiger partial charge in [0.15, 0.2) is 0 Å². The second-order valence-electron chi connectivity index (χ2n) is 1.83. The van der Waals surface area contributed by atoms with Crippen LogP contribution in [-0.2, 0) is 0 Å². The van der Waals surface area contributed by atoms with E-state index in [-0.39, 0.29) is 6.08 Å². The van der Waals surface area contributed by atoms with Gasteiger partial charge in [-0.3, -0.25) is 0 Å². The molecule has 0 amide bonds. The molecule has 0 fully saturated rings. The molecule has 0 aromatic rings. The van der Waals surface area contributed by atoms with Gasteiger partial charge in [0.25, 0.3) is 0 Å². The number of alkyl halides is 3. The third kappa shape index (κ3) is 7.31. The second kappa shape index (κ2) is 2.74. The monoisotopic (exact) mass is 136 g/mol. The van der Waals surface area contributed by atoms with Gasteiger partial charge in [0.05, 0.1) is 6.08 Å². The van der Waals surface area contributed by atoms with E-state index in [1.807, 2.05) is 0 Å². The van der Waals surface area contributed by atoms with E-state index in [0.29, 0.717) is 5.57 Å². The molecule has 9 heavy (non-hydrogen) atoms. The molecule has 0 aromatic carbocycles. The van der Waals surface area contributed by atoms with E-state index < -0.39 is 6.18 Å². The van der Waals surface area contributed by atoms with Crippen molar-refractivity contribution in [3.05, 3.63) is 17.4 Å². The molecule has 0 bridgehead atoms. The summed E-state index contributed by atoms with van der Waals surface area (Å²) in [5, 5.41) is 0. The minimum absolute atomic E-state index is 0.0995. The predicted molar refractivity (Wildman–Crippen MR) is 29.0 cm³/mol. The molecule has 0 heterocycles. The van der Waals surface area contributed by atoms with Gasteiger partial charge in [-0.15, -0.1) is 5.73 Å². The van der Waals surface area contributed by atoms with Gasteiger partial charge in [-0.25, -0.2) is 0 Å². The summed E-state index contributed by atoms with van der Waals surface area (Å²) in [6.45, 7) is 3.12. The Kier molecular flexibility index (Phi) is 2.53. The Morgan fingerprint density at radius 2 is 1.78 bits per heavy atom. The molecule has 52 valence electrons. The standard InChI is InChI=1S/C6H7F3/c1-5(2)3-4-6(7,8)9/h4H,1-2H3. The third-order valence-electron chi connectivity index (χ3n) is 0.525. The van der Waals surface area contributed by atoms with Crippen molar-refractivity contribution in [2.24, 2.45) is 0 Å². The normalized spacial score (nSPS) is 10.3. The van der Waals surface area contributed by atoms with Crippen molar-refractivity contribution in [3.63, 3.8) is 0 Å². The highest BCUT2D eigenvalue weighted by Crippen LogP contribution is 2.15. The maximum atomic E-state index is 11.3. The minimum atomic E-state index is -4.22. The van der Waals surface area contributed by atoms with Gasteiger partial charge in [-0.05, 0) is 19.4 Å². The van der Waals surface area contributed by atoms with Crippen molar-refractivity contribution in [1.82, 2.24) is 0 Å². The Morgan fingerprint density at radius 1 is 1.33 bits per heavy atom. The molecule has 0 aliphatic heterocycles. The number of hydrogen-bond acceptors (Lipinski definition) is 0. The van der Waals surface area contributed by atoms with E-state index >= 15 is 0 Å². The Morgan fingerprint density at radius 3 is 1.89 bits per heavy atom. The summed E-state index contributed by atoms with van der Waals surface area (Å²) < 4.78 is 33.9. The summed E-state index contributed by atoms with van der Waals surface area (Å²) in [6.07, 6.45) is -4.13. The molecule has 0 atom stereocenters. The van der Waals surface area contributed by atoms with Crippen LogP contribution in [0.15, 0.2) is 17.4 Å². The van der Waals surface area contributed by atoms with E-state index in [1.165, 1.54) is 0 Å². The highest BCUT2D eigenvalue weighted by Gasteiger charge is 2.21. The van der Waals surface area contributed by atoms with E-state index in [1.54, 1.807) is 13.8 Å². The summed E-state index contributed by atoms with van der Waals surface area (Å²) in [6, 6.07) is 0. The summed E-state index contributed by atoms with van der Waals surface area (Å²) in [4.78, 5) is 0. The smallest absolute Gasteiger partial charge is 0.166 e. The van der Waals surface area contributed by atoms with Gasteiger partial charge in [-0.2, -0.15) is 13.2 Å². The number of allylic oxidation sites excluding steroid dienone is 1. The minimum Gasteiger partial charge on any atom is -0.166 e. The van der Waals surface area contributed by atoms with Crippen molar-refractivity contribution >= 4 is 0 Å². The molecule has 0 saturated carbocycles. The van der Waals surface area contributed by atoms with Gasteiger partial charge in [-0.1, -0.05) is 0 Å². The summed E-state index contributed by atoms with van der Waals surface area (Å²) in [7, 11) is 0. The molecule has 0 saturated heterocycles. The van der Waals surface area contributed by atoms with Crippen LogP contribution in [0, 0.1) is 0 Å². The van der Waals surface area contributed by atoms with Crippen molar-refractivity contribution in [1.29, 1.82) is 0 Å². The first-order valence-electron chi connectivity index (χ1n) is 2.39. The largest absolute Gasteiger partial charge is 0.416 e. The zero-order chi connectivity index (χ0) is 7.49. The maximum Gasteiger partial charge on any atom is 0.416 e. The summed E-state index contributed by atoms with van der Waals surface area (Å²) in [5.74, 6) is 0. The van der Waals surface area contributed by atoms with Gasteiger partial charge in [0, 0.05) is 0 Å². The Balaban J connectivity index is 4.17. The highest BCUT2D eigenvalue weighted by molar-refractivity contribution is 4.96. The number of rotatable bonds is 0. The van der Waals surface area contributed by atoms with E-state index in [2.05, 4.69) is 5.73 Å². The lowest BCUT2D eigenvalue weighted by atomic mass is 10.4. The zero-order valence-corrected chi connectivity index (χ0v) is 5.21. The molecule has 0 unspecified atom stereocenters. The molecule has 0 radical (unpaired) electrons. The first-order chi connectivity index (χ1) is 3.92. The Hall–Kier alpha value is -0.690. The summed E-state index contributed by atoms with van der Waals surface area (Å²) in [5.41, 5.74) is 2.57. The SMILES string of the molecule is CC(C)=C=CC(F)(F)F. The van der Waals surface area contributed by atoms with Gasteiger partial charge in [0.1, 0.15) is 0 Å². The van der Waals surface area contributed by atoms with Crippen LogP contribution >= 0.6 is 0 Å². The molecule has 0 spiro atoms. The lowest BCUT2D eigenvalue weighted by molar-refractivity contribution is -0.0796. The average molecular weight is 136 g/mol. The van der Waals surface area contributed by atoms with Gasteiger partial charge >= 0.3 is 6.18 Å². The Bertz CT molecular complexity index is 142. The van der Waals surface area contributed by atoms with E-state index in [4.69, 9.17) is 0 Å². The van der Waals surface area contributed by atoms with Crippen LogP contribution in [0.5, 0.6) is 0 Å². The van der Waals surface area contributed by atoms with Crippen LogP contribution in [0.2, 0.25) is 0 Å². The number of hydrogen-bond donors (Lipinski definition) is 0. The van der Waals surface area contributed by atoms with Crippen LogP contribution in [0.3, 0.4) is 0 Å². The molecule has 0 aromatic heterocycles. The quantitative estimate of drug-likeness (QED) is 0.449. The predicted octanol–water partition coefficient (Wildman–Crippen LogP) is 2.67. The van der Waals surface area contributed by atoms with Crippen LogP contribution in [0.4, 0.5) is 13.2 Å². The van der Waals surface area contributed by atoms with Crippen LogP contribution in [0.1, 0.15) is 13.8 Å². The fourth-order valence-corrected chi connectivity index (χ4v) is 0.226. The molecule has 0 nitrogen and oxygen atoms in total. The van der Waals surface area contributed by atoms with E-state index in [0.717, 1.165) is 0 Å². The van der Waals surface area contributed by atoms with Crippen LogP contribution in [-0.4, -0.2) is 6.18 Å². The third-order valence-corrected chi connectivity index (χ3v) is 0.525. The molecule has 0 N–H and O–H groups in total. The first-order valence-corrected chi connectivity index (χ1v) is 2.39. The van der Waals surface area contributed by atoms with Gasteiger partial charge < -0.3 is 0 Å². The average Bonchev–Trinajstić information content (AvgIpc) is 1.59. The van der Waals surface area contributed by atoms with Crippen molar-refractivity contribution < 1.29 is 13.2 Å². The number of halogens is 3. The topological polar surface area (TPSA) is 0 Å². The van der Waals surface area contributed by atoms with Crippen molar-refractivity contribution in [3.8, 4) is 0 Å². The molecule has 0 rings (SSSR count). The van der Waals surface area contributed by atoms with E-state index in [9.17, 15) is 13.2 Å². The second-order valence-corrected chi connectivity index (χ2v) is 1.83. The zero-order valence-electron chi connectivity index (χ0n) is 5.21. The van der Waals surface area contributed by atoms with Crippen LogP contribution < -0.4 is 0 Å². The molecular weight excluding hydrogens is 129 g/mol. The fourth-order valence-electron chi connectivity index (χ4n) is 0.226. The Labute approximate surface area is 51.7 Å². The lowest BCUT2D eigenvalue weighted by Crippen LogP contribution is -1.99. The summed E-state index contributed by atoms with van der Waals surface area (Å²) >= 11 is 0. The van der Waals surface area contributed by atoms with Crippen molar-refractivity contribution in [2.75, 3.05) is 0 Å². The lowest BCUT2D eigenvalue weighted by Gasteiger charge is -1.92. The molecule has 3 heteroatoms. The maximum absolute atomic E-state index is 11.3. The van der Waals surface area contributed by atoms with Crippen molar-refractivity contribution in [2.45, 2.75) is 20.0 Å².